The number of carboxylic acids is 1. The second-order valence-electron chi connectivity index (χ2n) is 4.25. The zero-order chi connectivity index (χ0) is 14.7. The Bertz CT molecular complexity index is 734. The first-order chi connectivity index (χ1) is 9.47. The van der Waals surface area contributed by atoms with Crippen LogP contribution in [0.4, 0.5) is 0 Å². The summed E-state index contributed by atoms with van der Waals surface area (Å²) in [5.41, 5.74) is 5.91. The predicted molar refractivity (Wildman–Crippen MR) is 71.7 cm³/mol. The SMILES string of the molecule is NC(=O)c1cccc(Cn2cc(C(=O)O)ccc2=O)c1. The van der Waals surface area contributed by atoms with Gasteiger partial charge in [-0.15, -0.1) is 0 Å². The molecule has 0 atom stereocenters. The van der Waals surface area contributed by atoms with Crippen LogP contribution in [0, 0.1) is 0 Å². The monoisotopic (exact) mass is 272 g/mol. The number of primary amides is 1. The number of hydrogen-bond donors (Lipinski definition) is 2. The number of hydrogen-bond acceptors (Lipinski definition) is 3. The van der Waals surface area contributed by atoms with Crippen molar-refractivity contribution in [1.29, 1.82) is 0 Å². The first-order valence-electron chi connectivity index (χ1n) is 5.80. The molecule has 0 aliphatic carbocycles. The molecule has 1 aromatic heterocycles. The summed E-state index contributed by atoms with van der Waals surface area (Å²) < 4.78 is 1.27. The molecule has 20 heavy (non-hydrogen) atoms. The molecule has 0 spiro atoms. The van der Waals surface area contributed by atoms with Crippen LogP contribution in [0.3, 0.4) is 0 Å². The second kappa shape index (κ2) is 5.40. The van der Waals surface area contributed by atoms with Crippen molar-refractivity contribution in [2.24, 2.45) is 5.73 Å². The molecule has 0 unspecified atom stereocenters. The molecule has 1 amide bonds. The molecule has 0 saturated heterocycles. The number of nitrogens with two attached hydrogens (primary N) is 1. The van der Waals surface area contributed by atoms with Crippen LogP contribution < -0.4 is 11.3 Å². The van der Waals surface area contributed by atoms with Crippen LogP contribution in [-0.2, 0) is 6.54 Å². The van der Waals surface area contributed by atoms with E-state index >= 15 is 0 Å². The summed E-state index contributed by atoms with van der Waals surface area (Å²) in [6.07, 6.45) is 1.27. The lowest BCUT2D eigenvalue weighted by Gasteiger charge is -2.07. The Labute approximate surface area is 114 Å². The van der Waals surface area contributed by atoms with Crippen molar-refractivity contribution in [3.63, 3.8) is 0 Å². The fraction of sp³-hybridized carbons (Fsp3) is 0.0714. The average Bonchev–Trinajstić information content (AvgIpc) is 2.41. The van der Waals surface area contributed by atoms with E-state index in [1.807, 2.05) is 0 Å². The molecule has 0 fully saturated rings. The number of pyridine rings is 1. The Balaban J connectivity index is 2.37. The van der Waals surface area contributed by atoms with Gasteiger partial charge in [-0.25, -0.2) is 4.79 Å². The summed E-state index contributed by atoms with van der Waals surface area (Å²) in [7, 11) is 0. The van der Waals surface area contributed by atoms with Crippen LogP contribution in [-0.4, -0.2) is 21.6 Å². The highest BCUT2D eigenvalue weighted by Gasteiger charge is 2.07. The number of carbonyl (C=O) groups excluding carboxylic acids is 1. The fourth-order valence-electron chi connectivity index (χ4n) is 1.80. The highest BCUT2D eigenvalue weighted by molar-refractivity contribution is 5.92. The van der Waals surface area contributed by atoms with Gasteiger partial charge >= 0.3 is 5.97 Å². The normalized spacial score (nSPS) is 10.2. The van der Waals surface area contributed by atoms with Crippen molar-refractivity contribution in [1.82, 2.24) is 4.57 Å². The van der Waals surface area contributed by atoms with E-state index in [1.165, 1.54) is 22.9 Å². The Hall–Kier alpha value is -2.89. The number of carbonyl (C=O) groups is 2. The number of nitrogens with zero attached hydrogens (tertiary/aromatic N) is 1. The van der Waals surface area contributed by atoms with E-state index in [0.717, 1.165) is 0 Å². The zero-order valence-corrected chi connectivity index (χ0v) is 10.4. The minimum Gasteiger partial charge on any atom is -0.478 e. The Morgan fingerprint density at radius 3 is 2.55 bits per heavy atom. The number of carboxylic acid groups (broad SMARTS) is 1. The maximum atomic E-state index is 11.7. The summed E-state index contributed by atoms with van der Waals surface area (Å²) in [5, 5.41) is 8.91. The van der Waals surface area contributed by atoms with E-state index in [-0.39, 0.29) is 17.7 Å². The van der Waals surface area contributed by atoms with Crippen LogP contribution >= 0.6 is 0 Å². The summed E-state index contributed by atoms with van der Waals surface area (Å²) in [5.74, 6) is -1.66. The van der Waals surface area contributed by atoms with Crippen molar-refractivity contribution < 1.29 is 14.7 Å². The Morgan fingerprint density at radius 1 is 1.15 bits per heavy atom. The van der Waals surface area contributed by atoms with Gasteiger partial charge in [-0.3, -0.25) is 9.59 Å². The molecule has 0 radical (unpaired) electrons. The number of benzene rings is 1. The third-order valence-electron chi connectivity index (χ3n) is 2.79. The van der Waals surface area contributed by atoms with Gasteiger partial charge in [-0.1, -0.05) is 12.1 Å². The van der Waals surface area contributed by atoms with Crippen molar-refractivity contribution in [3.8, 4) is 0 Å². The minimum atomic E-state index is -1.11. The largest absolute Gasteiger partial charge is 0.478 e. The molecule has 1 heterocycles. The summed E-state index contributed by atoms with van der Waals surface area (Å²) in [6, 6.07) is 8.97. The first kappa shape index (κ1) is 13.5. The lowest BCUT2D eigenvalue weighted by Crippen LogP contribution is -2.21. The van der Waals surface area contributed by atoms with Gasteiger partial charge in [0, 0.05) is 17.8 Å². The van der Waals surface area contributed by atoms with E-state index in [4.69, 9.17) is 10.8 Å². The van der Waals surface area contributed by atoms with Gasteiger partial charge < -0.3 is 15.4 Å². The molecule has 0 saturated carbocycles. The van der Waals surface area contributed by atoms with E-state index in [9.17, 15) is 14.4 Å². The standard InChI is InChI=1S/C14H12N2O4/c15-13(18)10-3-1-2-9(6-10)7-16-8-11(14(19)20)4-5-12(16)17/h1-6,8H,7H2,(H2,15,18)(H,19,20). The molecular weight excluding hydrogens is 260 g/mol. The lowest BCUT2D eigenvalue weighted by molar-refractivity contribution is 0.0695. The quantitative estimate of drug-likeness (QED) is 0.854. The molecular formula is C14H12N2O4. The van der Waals surface area contributed by atoms with Crippen LogP contribution in [0.5, 0.6) is 0 Å². The van der Waals surface area contributed by atoms with Crippen LogP contribution in [0.25, 0.3) is 0 Å². The highest BCUT2D eigenvalue weighted by Crippen LogP contribution is 2.07. The molecule has 2 rings (SSSR count). The molecule has 2 aromatic rings. The third kappa shape index (κ3) is 2.92. The second-order valence-corrected chi connectivity index (χ2v) is 4.25. The van der Waals surface area contributed by atoms with Gasteiger partial charge in [0.15, 0.2) is 0 Å². The van der Waals surface area contributed by atoms with Crippen LogP contribution in [0.1, 0.15) is 26.3 Å². The van der Waals surface area contributed by atoms with Crippen molar-refractivity contribution in [2.75, 3.05) is 0 Å². The molecule has 1 aromatic carbocycles. The minimum absolute atomic E-state index is 0.0238. The maximum Gasteiger partial charge on any atom is 0.337 e. The van der Waals surface area contributed by atoms with Gasteiger partial charge in [-0.2, -0.15) is 0 Å². The molecule has 0 bridgehead atoms. The maximum absolute atomic E-state index is 11.7. The Kier molecular flexibility index (Phi) is 3.65. The summed E-state index contributed by atoms with van der Waals surface area (Å²) >= 11 is 0. The highest BCUT2D eigenvalue weighted by atomic mass is 16.4. The van der Waals surface area contributed by atoms with Crippen molar-refractivity contribution >= 4 is 11.9 Å². The van der Waals surface area contributed by atoms with Gasteiger partial charge in [-0.05, 0) is 23.8 Å². The predicted octanol–water partition coefficient (Wildman–Crippen LogP) is 0.694. The number of amides is 1. The van der Waals surface area contributed by atoms with E-state index in [1.54, 1.807) is 24.3 Å². The van der Waals surface area contributed by atoms with E-state index in [0.29, 0.717) is 11.1 Å². The van der Waals surface area contributed by atoms with E-state index in [2.05, 4.69) is 0 Å². The van der Waals surface area contributed by atoms with E-state index < -0.39 is 11.9 Å². The number of rotatable bonds is 4. The number of aromatic nitrogens is 1. The van der Waals surface area contributed by atoms with Crippen LogP contribution in [0.15, 0.2) is 47.4 Å². The molecule has 3 N–H and O–H groups in total. The fourth-order valence-corrected chi connectivity index (χ4v) is 1.80. The topological polar surface area (TPSA) is 102 Å². The molecule has 0 aliphatic rings. The lowest BCUT2D eigenvalue weighted by atomic mass is 10.1. The Morgan fingerprint density at radius 2 is 1.90 bits per heavy atom. The molecule has 6 heteroatoms. The first-order valence-corrected chi connectivity index (χ1v) is 5.80. The molecule has 6 nitrogen and oxygen atoms in total. The van der Waals surface area contributed by atoms with Crippen molar-refractivity contribution in [2.45, 2.75) is 6.54 Å². The third-order valence-corrected chi connectivity index (χ3v) is 2.79. The van der Waals surface area contributed by atoms with Gasteiger partial charge in [0.1, 0.15) is 0 Å². The molecule has 102 valence electrons. The number of aromatic carboxylic acids is 1. The molecule has 0 aliphatic heterocycles. The average molecular weight is 272 g/mol. The van der Waals surface area contributed by atoms with Gasteiger partial charge in [0.05, 0.1) is 12.1 Å². The smallest absolute Gasteiger partial charge is 0.337 e. The van der Waals surface area contributed by atoms with Crippen LogP contribution in [0.2, 0.25) is 0 Å². The van der Waals surface area contributed by atoms with Crippen molar-refractivity contribution in [3.05, 3.63) is 69.6 Å². The van der Waals surface area contributed by atoms with Gasteiger partial charge in [0.25, 0.3) is 5.56 Å². The summed E-state index contributed by atoms with van der Waals surface area (Å²) in [6.45, 7) is 0.168. The van der Waals surface area contributed by atoms with Gasteiger partial charge in [0.2, 0.25) is 5.91 Å². The zero-order valence-electron chi connectivity index (χ0n) is 10.4. The summed E-state index contributed by atoms with van der Waals surface area (Å²) in [4.78, 5) is 33.7.